The number of aromatic nitrogens is 3. The van der Waals surface area contributed by atoms with E-state index in [2.05, 4.69) is 10.1 Å². The minimum absolute atomic E-state index is 0.0300. The molecule has 3 rings (SSSR count). The second-order valence-electron chi connectivity index (χ2n) is 4.57. The average molecular weight is 286 g/mol. The van der Waals surface area contributed by atoms with Gasteiger partial charge in [-0.3, -0.25) is 24.2 Å². The fraction of sp³-hybridized carbons (Fsp3) is 0.154. The molecule has 1 N–H and O–H groups in total. The summed E-state index contributed by atoms with van der Waals surface area (Å²) < 4.78 is 1.40. The number of carboxylic acid groups (broad SMARTS) is 1. The molecule has 1 unspecified atom stereocenters. The Bertz CT molecular complexity index is 732. The van der Waals surface area contributed by atoms with Crippen LogP contribution in [0.1, 0.15) is 32.5 Å². The Morgan fingerprint density at radius 3 is 2.67 bits per heavy atom. The van der Waals surface area contributed by atoms with Crippen LogP contribution in [0, 0.1) is 0 Å². The molecule has 0 saturated heterocycles. The van der Waals surface area contributed by atoms with Crippen LogP contribution in [-0.2, 0) is 11.8 Å². The summed E-state index contributed by atoms with van der Waals surface area (Å²) in [6.45, 7) is 0. The van der Waals surface area contributed by atoms with Gasteiger partial charge in [-0.1, -0.05) is 0 Å². The Hall–Kier alpha value is -3.03. The lowest BCUT2D eigenvalue weighted by molar-refractivity contribution is -0.141. The molecule has 0 fully saturated rings. The van der Waals surface area contributed by atoms with Crippen molar-refractivity contribution >= 4 is 17.8 Å². The van der Waals surface area contributed by atoms with E-state index in [9.17, 15) is 19.5 Å². The number of carboxylic acids is 1. The van der Waals surface area contributed by atoms with E-state index in [1.54, 1.807) is 7.05 Å². The van der Waals surface area contributed by atoms with E-state index in [4.69, 9.17) is 0 Å². The van der Waals surface area contributed by atoms with Crippen LogP contribution in [0.5, 0.6) is 0 Å². The van der Waals surface area contributed by atoms with Gasteiger partial charge in [-0.15, -0.1) is 0 Å². The number of hydrogen-bond donors (Lipinski definition) is 1. The second-order valence-corrected chi connectivity index (χ2v) is 4.57. The summed E-state index contributed by atoms with van der Waals surface area (Å²) in [6, 6.07) is 1.55. The highest BCUT2D eigenvalue weighted by Crippen LogP contribution is 2.30. The van der Waals surface area contributed by atoms with Crippen molar-refractivity contribution in [2.45, 2.75) is 6.04 Å². The van der Waals surface area contributed by atoms with Crippen molar-refractivity contribution in [2.75, 3.05) is 0 Å². The molecule has 8 heteroatoms. The number of pyridine rings is 1. The fourth-order valence-corrected chi connectivity index (χ4v) is 2.30. The number of aliphatic carboxylic acids is 1. The zero-order valence-corrected chi connectivity index (χ0v) is 10.9. The van der Waals surface area contributed by atoms with Crippen LogP contribution >= 0.6 is 0 Å². The maximum atomic E-state index is 12.3. The third-order valence-corrected chi connectivity index (χ3v) is 3.21. The summed E-state index contributed by atoms with van der Waals surface area (Å²) >= 11 is 0. The van der Waals surface area contributed by atoms with E-state index in [1.165, 1.54) is 35.4 Å². The average Bonchev–Trinajstić information content (AvgIpc) is 2.97. The van der Waals surface area contributed by atoms with Gasteiger partial charge < -0.3 is 5.11 Å². The zero-order chi connectivity index (χ0) is 15.1. The van der Waals surface area contributed by atoms with E-state index in [0.29, 0.717) is 4.90 Å². The van der Waals surface area contributed by atoms with Gasteiger partial charge in [-0.2, -0.15) is 5.10 Å². The van der Waals surface area contributed by atoms with Gasteiger partial charge in [0.1, 0.15) is 5.69 Å². The second kappa shape index (κ2) is 4.51. The molecule has 2 aromatic heterocycles. The molecule has 1 aliphatic heterocycles. The van der Waals surface area contributed by atoms with E-state index in [-0.39, 0.29) is 16.8 Å². The number of aryl methyl sites for hydroxylation is 1. The maximum absolute atomic E-state index is 12.3. The largest absolute Gasteiger partial charge is 0.479 e. The Morgan fingerprint density at radius 2 is 2.10 bits per heavy atom. The highest BCUT2D eigenvalue weighted by molar-refractivity contribution is 6.21. The quantitative estimate of drug-likeness (QED) is 0.810. The van der Waals surface area contributed by atoms with Gasteiger partial charge in [0.2, 0.25) is 0 Å². The Labute approximate surface area is 118 Å². The number of imide groups is 1. The molecular formula is C13H10N4O4. The first-order chi connectivity index (χ1) is 10.0. The standard InChI is InChI=1S/C13H10N4O4/c1-16-6-7(5-15-16)10(13(20)21)17-11(18)8-3-2-4-14-9(8)12(17)19/h2-6,10H,1H3,(H,20,21). The molecular weight excluding hydrogens is 276 g/mol. The summed E-state index contributed by atoms with van der Waals surface area (Å²) in [6.07, 6.45) is 4.15. The molecule has 106 valence electrons. The topological polar surface area (TPSA) is 105 Å². The van der Waals surface area contributed by atoms with Crippen molar-refractivity contribution < 1.29 is 19.5 Å². The van der Waals surface area contributed by atoms with Crippen molar-refractivity contribution in [3.63, 3.8) is 0 Å². The van der Waals surface area contributed by atoms with E-state index in [1.807, 2.05) is 0 Å². The lowest BCUT2D eigenvalue weighted by atomic mass is 10.1. The summed E-state index contributed by atoms with van der Waals surface area (Å²) in [4.78, 5) is 40.7. The number of amides is 2. The minimum Gasteiger partial charge on any atom is -0.479 e. The number of fused-ring (bicyclic) bond motifs is 1. The number of rotatable bonds is 3. The van der Waals surface area contributed by atoms with Gasteiger partial charge in [0.15, 0.2) is 6.04 Å². The number of nitrogens with zero attached hydrogens (tertiary/aromatic N) is 4. The lowest BCUT2D eigenvalue weighted by Gasteiger charge is -2.20. The molecule has 3 heterocycles. The molecule has 0 aliphatic carbocycles. The summed E-state index contributed by atoms with van der Waals surface area (Å²) in [7, 11) is 1.62. The molecule has 0 saturated carbocycles. The Balaban J connectivity index is 2.09. The zero-order valence-electron chi connectivity index (χ0n) is 10.9. The molecule has 1 atom stereocenters. The van der Waals surface area contributed by atoms with Gasteiger partial charge in [0.05, 0.1) is 11.8 Å². The maximum Gasteiger partial charge on any atom is 0.331 e. The van der Waals surface area contributed by atoms with Crippen molar-refractivity contribution in [1.29, 1.82) is 0 Å². The molecule has 0 radical (unpaired) electrons. The van der Waals surface area contributed by atoms with Crippen molar-refractivity contribution in [2.24, 2.45) is 7.05 Å². The summed E-state index contributed by atoms with van der Waals surface area (Å²) in [5.74, 6) is -2.69. The minimum atomic E-state index is -1.42. The fourth-order valence-electron chi connectivity index (χ4n) is 2.30. The first-order valence-electron chi connectivity index (χ1n) is 6.05. The predicted molar refractivity (Wildman–Crippen MR) is 68.3 cm³/mol. The number of carbonyl (C=O) groups excluding carboxylic acids is 2. The SMILES string of the molecule is Cn1cc(C(C(=O)O)N2C(=O)c3cccnc3C2=O)cn1. The summed E-state index contributed by atoms with van der Waals surface area (Å²) in [5.41, 5.74) is 0.329. The number of carbonyl (C=O) groups is 3. The van der Waals surface area contributed by atoms with Crippen molar-refractivity contribution in [3.05, 3.63) is 47.5 Å². The molecule has 2 aromatic rings. The molecule has 8 nitrogen and oxygen atoms in total. The molecule has 1 aliphatic rings. The van der Waals surface area contributed by atoms with Crippen LogP contribution in [0.15, 0.2) is 30.7 Å². The number of hydrogen-bond acceptors (Lipinski definition) is 5. The summed E-state index contributed by atoms with van der Waals surface area (Å²) in [5, 5.41) is 13.3. The molecule has 0 spiro atoms. The predicted octanol–water partition coefficient (Wildman–Crippen LogP) is 0.237. The third kappa shape index (κ3) is 1.88. The van der Waals surface area contributed by atoms with E-state index in [0.717, 1.165) is 0 Å². The first kappa shape index (κ1) is 13.0. The van der Waals surface area contributed by atoms with Crippen LogP contribution in [0.2, 0.25) is 0 Å². The van der Waals surface area contributed by atoms with Crippen LogP contribution < -0.4 is 0 Å². The molecule has 2 amide bonds. The van der Waals surface area contributed by atoms with Crippen LogP contribution in [0.25, 0.3) is 0 Å². The molecule has 21 heavy (non-hydrogen) atoms. The normalized spacial score (nSPS) is 15.2. The lowest BCUT2D eigenvalue weighted by Crippen LogP contribution is -2.38. The van der Waals surface area contributed by atoms with Gasteiger partial charge >= 0.3 is 5.97 Å². The molecule has 0 bridgehead atoms. The van der Waals surface area contributed by atoms with Crippen molar-refractivity contribution in [3.8, 4) is 0 Å². The van der Waals surface area contributed by atoms with Crippen LogP contribution in [0.3, 0.4) is 0 Å². The Morgan fingerprint density at radius 1 is 1.33 bits per heavy atom. The van der Waals surface area contributed by atoms with E-state index >= 15 is 0 Å². The van der Waals surface area contributed by atoms with E-state index < -0.39 is 23.8 Å². The van der Waals surface area contributed by atoms with Gasteiger partial charge in [0.25, 0.3) is 11.8 Å². The van der Waals surface area contributed by atoms with Gasteiger partial charge in [0, 0.05) is 25.0 Å². The van der Waals surface area contributed by atoms with Crippen molar-refractivity contribution in [1.82, 2.24) is 19.7 Å². The van der Waals surface area contributed by atoms with Crippen LogP contribution in [-0.4, -0.2) is 42.6 Å². The monoisotopic (exact) mass is 286 g/mol. The van der Waals surface area contributed by atoms with Gasteiger partial charge in [-0.05, 0) is 12.1 Å². The molecule has 0 aromatic carbocycles. The van der Waals surface area contributed by atoms with Gasteiger partial charge in [-0.25, -0.2) is 4.79 Å². The Kier molecular flexibility index (Phi) is 2.79. The first-order valence-corrected chi connectivity index (χ1v) is 6.05. The highest BCUT2D eigenvalue weighted by atomic mass is 16.4. The third-order valence-electron chi connectivity index (χ3n) is 3.21. The highest BCUT2D eigenvalue weighted by Gasteiger charge is 2.44. The van der Waals surface area contributed by atoms with Crippen LogP contribution in [0.4, 0.5) is 0 Å². The smallest absolute Gasteiger partial charge is 0.331 e.